The van der Waals surface area contributed by atoms with E-state index in [9.17, 15) is 9.90 Å². The molecule has 1 aliphatic rings. The molecule has 1 heterocycles. The summed E-state index contributed by atoms with van der Waals surface area (Å²) >= 11 is 0. The summed E-state index contributed by atoms with van der Waals surface area (Å²) < 4.78 is 0. The summed E-state index contributed by atoms with van der Waals surface area (Å²) in [6.45, 7) is 2.38. The number of carbonyl (C=O) groups excluding carboxylic acids is 1. The second-order valence-electron chi connectivity index (χ2n) is 3.53. The third-order valence-electron chi connectivity index (χ3n) is 2.41. The number of amides is 1. The van der Waals surface area contributed by atoms with Crippen LogP contribution in [0.25, 0.3) is 0 Å². The Morgan fingerprint density at radius 3 is 2.77 bits per heavy atom. The van der Waals surface area contributed by atoms with E-state index < -0.39 is 6.10 Å². The maximum atomic E-state index is 11.3. The van der Waals surface area contributed by atoms with Gasteiger partial charge in [0.1, 0.15) is 0 Å². The van der Waals surface area contributed by atoms with Gasteiger partial charge in [0, 0.05) is 6.54 Å². The predicted molar refractivity (Wildman–Crippen MR) is 48.1 cm³/mol. The normalized spacial score (nSPS) is 25.3. The second-order valence-corrected chi connectivity index (χ2v) is 3.53. The first kappa shape index (κ1) is 10.5. The second kappa shape index (κ2) is 4.58. The monoisotopic (exact) mass is 187 g/mol. The highest BCUT2D eigenvalue weighted by Crippen LogP contribution is 2.16. The molecule has 2 atom stereocenters. The van der Waals surface area contributed by atoms with Gasteiger partial charge >= 0.3 is 0 Å². The number of hydrogen-bond acceptors (Lipinski definition) is 3. The fraction of sp³-hybridized carbons (Fsp3) is 0.889. The van der Waals surface area contributed by atoms with Crippen molar-refractivity contribution in [2.24, 2.45) is 0 Å². The first-order valence-electron chi connectivity index (χ1n) is 4.77. The Hall–Kier alpha value is -0.610. The fourth-order valence-electron chi connectivity index (χ4n) is 1.74. The molecule has 76 valence electrons. The summed E-state index contributed by atoms with van der Waals surface area (Å²) in [4.78, 5) is 12.9. The zero-order valence-corrected chi connectivity index (χ0v) is 7.94. The Labute approximate surface area is 78.2 Å². The third kappa shape index (κ3) is 2.42. The molecule has 1 rings (SSSR count). The maximum absolute atomic E-state index is 11.3. The van der Waals surface area contributed by atoms with E-state index in [0.717, 1.165) is 12.8 Å². The van der Waals surface area contributed by atoms with Gasteiger partial charge in [-0.15, -0.1) is 0 Å². The Balaban J connectivity index is 2.53. The van der Waals surface area contributed by atoms with Gasteiger partial charge in [0.2, 0.25) is 5.91 Å². The summed E-state index contributed by atoms with van der Waals surface area (Å²) in [6.07, 6.45) is 1.40. The van der Waals surface area contributed by atoms with E-state index in [2.05, 4.69) is 0 Å². The maximum Gasteiger partial charge on any atom is 0.225 e. The van der Waals surface area contributed by atoms with Crippen molar-refractivity contribution in [2.45, 2.75) is 38.3 Å². The van der Waals surface area contributed by atoms with Crippen LogP contribution in [-0.4, -0.2) is 46.3 Å². The van der Waals surface area contributed by atoms with Crippen LogP contribution in [0.1, 0.15) is 26.2 Å². The number of rotatable bonds is 4. The molecule has 0 aromatic rings. The van der Waals surface area contributed by atoms with Crippen LogP contribution in [0.5, 0.6) is 0 Å². The van der Waals surface area contributed by atoms with Crippen LogP contribution >= 0.6 is 0 Å². The molecule has 0 aliphatic carbocycles. The van der Waals surface area contributed by atoms with Crippen molar-refractivity contribution in [1.82, 2.24) is 4.90 Å². The van der Waals surface area contributed by atoms with Gasteiger partial charge in [-0.3, -0.25) is 4.79 Å². The largest absolute Gasteiger partial charge is 0.394 e. The molecule has 1 saturated heterocycles. The van der Waals surface area contributed by atoms with Gasteiger partial charge in [-0.1, -0.05) is 13.3 Å². The van der Waals surface area contributed by atoms with Crippen LogP contribution in [0.4, 0.5) is 0 Å². The van der Waals surface area contributed by atoms with Crippen LogP contribution in [0.3, 0.4) is 0 Å². The number of hydrogen-bond donors (Lipinski definition) is 2. The van der Waals surface area contributed by atoms with Gasteiger partial charge in [0.05, 0.1) is 25.2 Å². The van der Waals surface area contributed by atoms with Crippen molar-refractivity contribution in [3.8, 4) is 0 Å². The topological polar surface area (TPSA) is 60.8 Å². The van der Waals surface area contributed by atoms with Crippen LogP contribution < -0.4 is 0 Å². The summed E-state index contributed by atoms with van der Waals surface area (Å²) in [5, 5.41) is 18.3. The van der Waals surface area contributed by atoms with E-state index in [1.165, 1.54) is 0 Å². The summed E-state index contributed by atoms with van der Waals surface area (Å²) in [5.41, 5.74) is 0. The molecule has 1 fully saturated rings. The third-order valence-corrected chi connectivity index (χ3v) is 2.41. The molecule has 0 aromatic heterocycles. The smallest absolute Gasteiger partial charge is 0.225 e. The minimum absolute atomic E-state index is 0.00764. The highest BCUT2D eigenvalue weighted by atomic mass is 16.3. The average Bonchev–Trinajstić information content (AvgIpc) is 2.41. The number of β-amino-alcohol motifs (C(OH)–C–C–N with tert-alkyl or cyclic N) is 1. The van der Waals surface area contributed by atoms with Gasteiger partial charge in [0.25, 0.3) is 0 Å². The summed E-state index contributed by atoms with van der Waals surface area (Å²) in [5.74, 6) is -0.0417. The average molecular weight is 187 g/mol. The molecule has 0 bridgehead atoms. The van der Waals surface area contributed by atoms with E-state index in [1.807, 2.05) is 6.92 Å². The fourth-order valence-corrected chi connectivity index (χ4v) is 1.74. The van der Waals surface area contributed by atoms with Gasteiger partial charge in [-0.05, 0) is 6.42 Å². The number of nitrogens with zero attached hydrogens (tertiary/aromatic N) is 1. The molecule has 4 nitrogen and oxygen atoms in total. The highest BCUT2D eigenvalue weighted by molar-refractivity contribution is 5.79. The Morgan fingerprint density at radius 1 is 1.69 bits per heavy atom. The number of aliphatic hydroxyl groups excluding tert-OH is 2. The molecular formula is C9H17NO3. The molecule has 2 unspecified atom stereocenters. The van der Waals surface area contributed by atoms with Crippen molar-refractivity contribution in [3.63, 3.8) is 0 Å². The number of carbonyl (C=O) groups is 1. The zero-order valence-electron chi connectivity index (χ0n) is 7.94. The van der Waals surface area contributed by atoms with Crippen LogP contribution in [0.15, 0.2) is 0 Å². The van der Waals surface area contributed by atoms with Crippen LogP contribution in [-0.2, 0) is 4.79 Å². The van der Waals surface area contributed by atoms with Gasteiger partial charge in [-0.25, -0.2) is 0 Å². The molecule has 2 N–H and O–H groups in total. The van der Waals surface area contributed by atoms with E-state index in [-0.39, 0.29) is 25.0 Å². The highest BCUT2D eigenvalue weighted by Gasteiger charge is 2.32. The van der Waals surface area contributed by atoms with Gasteiger partial charge in [0.15, 0.2) is 0 Å². The van der Waals surface area contributed by atoms with Crippen LogP contribution in [0.2, 0.25) is 0 Å². The lowest BCUT2D eigenvalue weighted by molar-refractivity contribution is -0.130. The van der Waals surface area contributed by atoms with E-state index in [0.29, 0.717) is 6.54 Å². The molecule has 0 spiro atoms. The van der Waals surface area contributed by atoms with Crippen molar-refractivity contribution in [3.05, 3.63) is 0 Å². The lowest BCUT2D eigenvalue weighted by atomic mass is 10.1. The molecule has 13 heavy (non-hydrogen) atoms. The Morgan fingerprint density at radius 2 is 2.38 bits per heavy atom. The number of likely N-dealkylation sites (tertiary alicyclic amines) is 1. The molecule has 4 heteroatoms. The van der Waals surface area contributed by atoms with Crippen molar-refractivity contribution < 1.29 is 15.0 Å². The molecule has 0 radical (unpaired) electrons. The first-order chi connectivity index (χ1) is 6.19. The summed E-state index contributed by atoms with van der Waals surface area (Å²) in [7, 11) is 0. The van der Waals surface area contributed by atoms with E-state index >= 15 is 0 Å². The molecule has 0 saturated carbocycles. The summed E-state index contributed by atoms with van der Waals surface area (Å²) in [6, 6.07) is -0.102. The Kier molecular flexibility index (Phi) is 3.69. The molecule has 0 aromatic carbocycles. The molecule has 1 aliphatic heterocycles. The van der Waals surface area contributed by atoms with Crippen LogP contribution in [0, 0.1) is 0 Å². The lowest BCUT2D eigenvalue weighted by Gasteiger charge is -2.25. The van der Waals surface area contributed by atoms with Gasteiger partial charge < -0.3 is 15.1 Å². The lowest BCUT2D eigenvalue weighted by Crippen LogP contribution is -2.39. The van der Waals surface area contributed by atoms with E-state index in [4.69, 9.17) is 5.11 Å². The SMILES string of the molecule is CCCC(CO)N1CC(O)CC1=O. The van der Waals surface area contributed by atoms with Crippen molar-refractivity contribution >= 4 is 5.91 Å². The molecular weight excluding hydrogens is 170 g/mol. The van der Waals surface area contributed by atoms with Gasteiger partial charge in [-0.2, -0.15) is 0 Å². The zero-order chi connectivity index (χ0) is 9.84. The minimum Gasteiger partial charge on any atom is -0.394 e. The van der Waals surface area contributed by atoms with Crippen molar-refractivity contribution in [2.75, 3.05) is 13.2 Å². The standard InChI is InChI=1S/C9H17NO3/c1-2-3-7(6-11)10-5-8(12)4-9(10)13/h7-8,11-12H,2-6H2,1H3. The predicted octanol–water partition coefficient (Wildman–Crippen LogP) is -0.259. The Bertz CT molecular complexity index is 184. The number of aliphatic hydroxyl groups is 2. The quantitative estimate of drug-likeness (QED) is 0.637. The van der Waals surface area contributed by atoms with Crippen molar-refractivity contribution in [1.29, 1.82) is 0 Å². The minimum atomic E-state index is -0.543. The van der Waals surface area contributed by atoms with E-state index in [1.54, 1.807) is 4.90 Å². The first-order valence-corrected chi connectivity index (χ1v) is 4.77. The molecule has 1 amide bonds.